The van der Waals surface area contributed by atoms with Crippen LogP contribution in [0.3, 0.4) is 0 Å². The highest BCUT2D eigenvalue weighted by molar-refractivity contribution is 5.79. The zero-order chi connectivity index (χ0) is 17.8. The van der Waals surface area contributed by atoms with Crippen LogP contribution in [0, 0.1) is 0 Å². The SMILES string of the molecule is CN=C(NCCCOC1CCOC1)NCCNC(=O)OC(C)(C)C. The number of ether oxygens (including phenoxy) is 3. The molecule has 1 atom stereocenters. The maximum Gasteiger partial charge on any atom is 0.407 e. The van der Waals surface area contributed by atoms with Gasteiger partial charge in [-0.1, -0.05) is 0 Å². The van der Waals surface area contributed by atoms with Crippen LogP contribution in [0.4, 0.5) is 4.79 Å². The van der Waals surface area contributed by atoms with Crippen molar-refractivity contribution in [1.29, 1.82) is 0 Å². The highest BCUT2D eigenvalue weighted by atomic mass is 16.6. The van der Waals surface area contributed by atoms with Crippen molar-refractivity contribution in [3.63, 3.8) is 0 Å². The molecule has 0 saturated carbocycles. The third-order valence-electron chi connectivity index (χ3n) is 3.16. The number of aliphatic imine (C=N–C) groups is 1. The fourth-order valence-corrected chi connectivity index (χ4v) is 2.05. The molecular weight excluding hydrogens is 312 g/mol. The van der Waals surface area contributed by atoms with Gasteiger partial charge in [0.15, 0.2) is 5.96 Å². The summed E-state index contributed by atoms with van der Waals surface area (Å²) >= 11 is 0. The Hall–Kier alpha value is -1.54. The smallest absolute Gasteiger partial charge is 0.407 e. The van der Waals surface area contributed by atoms with E-state index in [4.69, 9.17) is 14.2 Å². The molecule has 1 amide bonds. The molecule has 0 radical (unpaired) electrons. The van der Waals surface area contributed by atoms with E-state index in [1.165, 1.54) is 0 Å². The van der Waals surface area contributed by atoms with Crippen LogP contribution >= 0.6 is 0 Å². The van der Waals surface area contributed by atoms with Crippen molar-refractivity contribution in [3.05, 3.63) is 0 Å². The Kier molecular flexibility index (Phi) is 9.48. The molecule has 1 aliphatic rings. The molecule has 24 heavy (non-hydrogen) atoms. The van der Waals surface area contributed by atoms with E-state index < -0.39 is 11.7 Å². The molecule has 0 aromatic rings. The average Bonchev–Trinajstić information content (AvgIpc) is 3.00. The molecule has 1 rings (SSSR count). The van der Waals surface area contributed by atoms with Gasteiger partial charge in [-0.25, -0.2) is 4.79 Å². The summed E-state index contributed by atoms with van der Waals surface area (Å²) in [6.07, 6.45) is 1.72. The van der Waals surface area contributed by atoms with Gasteiger partial charge in [-0.2, -0.15) is 0 Å². The van der Waals surface area contributed by atoms with Crippen molar-refractivity contribution in [1.82, 2.24) is 16.0 Å². The first-order valence-electron chi connectivity index (χ1n) is 8.51. The number of nitrogens with zero attached hydrogens (tertiary/aromatic N) is 1. The maximum atomic E-state index is 11.5. The van der Waals surface area contributed by atoms with E-state index in [0.29, 0.717) is 32.3 Å². The number of hydrogen-bond acceptors (Lipinski definition) is 5. The summed E-state index contributed by atoms with van der Waals surface area (Å²) in [5.41, 5.74) is -0.484. The monoisotopic (exact) mass is 344 g/mol. The predicted molar refractivity (Wildman–Crippen MR) is 93.4 cm³/mol. The number of alkyl carbamates (subject to hydrolysis) is 1. The lowest BCUT2D eigenvalue weighted by atomic mass is 10.2. The Labute approximate surface area is 144 Å². The average molecular weight is 344 g/mol. The summed E-state index contributed by atoms with van der Waals surface area (Å²) in [6.45, 7) is 9.51. The summed E-state index contributed by atoms with van der Waals surface area (Å²) in [4.78, 5) is 15.6. The fraction of sp³-hybridized carbons (Fsp3) is 0.875. The van der Waals surface area contributed by atoms with Crippen molar-refractivity contribution >= 4 is 12.1 Å². The number of rotatable bonds is 8. The Morgan fingerprint density at radius 1 is 1.21 bits per heavy atom. The maximum absolute atomic E-state index is 11.5. The number of hydrogen-bond donors (Lipinski definition) is 3. The Morgan fingerprint density at radius 2 is 1.92 bits per heavy atom. The lowest BCUT2D eigenvalue weighted by Crippen LogP contribution is -2.42. The normalized spacial score (nSPS) is 18.3. The molecule has 0 bridgehead atoms. The topological polar surface area (TPSA) is 93.2 Å². The van der Waals surface area contributed by atoms with E-state index in [2.05, 4.69) is 20.9 Å². The molecule has 8 heteroatoms. The first-order chi connectivity index (χ1) is 11.4. The van der Waals surface area contributed by atoms with Crippen molar-refractivity contribution in [2.75, 3.05) is 46.5 Å². The van der Waals surface area contributed by atoms with E-state index in [0.717, 1.165) is 26.0 Å². The minimum Gasteiger partial charge on any atom is -0.444 e. The first-order valence-corrected chi connectivity index (χ1v) is 8.51. The first kappa shape index (κ1) is 20.5. The summed E-state index contributed by atoms with van der Waals surface area (Å²) in [7, 11) is 1.71. The quantitative estimate of drug-likeness (QED) is 0.344. The van der Waals surface area contributed by atoms with E-state index in [1.54, 1.807) is 7.05 Å². The number of amides is 1. The van der Waals surface area contributed by atoms with Gasteiger partial charge >= 0.3 is 6.09 Å². The zero-order valence-electron chi connectivity index (χ0n) is 15.3. The molecule has 1 aliphatic heterocycles. The predicted octanol–water partition coefficient (Wildman–Crippen LogP) is 0.872. The lowest BCUT2D eigenvalue weighted by Gasteiger charge is -2.20. The molecule has 0 aliphatic carbocycles. The molecule has 3 N–H and O–H groups in total. The van der Waals surface area contributed by atoms with E-state index >= 15 is 0 Å². The second-order valence-corrected chi connectivity index (χ2v) is 6.56. The minimum absolute atomic E-state index is 0.251. The summed E-state index contributed by atoms with van der Waals surface area (Å²) in [5, 5.41) is 9.02. The number of carbonyl (C=O) groups excluding carboxylic acids is 1. The molecular formula is C16H32N4O4. The van der Waals surface area contributed by atoms with Crippen LogP contribution in [0.5, 0.6) is 0 Å². The molecule has 1 fully saturated rings. The van der Waals surface area contributed by atoms with E-state index in [9.17, 15) is 4.79 Å². The summed E-state index contributed by atoms with van der Waals surface area (Å²) in [5.74, 6) is 0.699. The number of carbonyl (C=O) groups is 1. The molecule has 0 aromatic heterocycles. The third-order valence-corrected chi connectivity index (χ3v) is 3.16. The third kappa shape index (κ3) is 10.3. The van der Waals surface area contributed by atoms with Crippen molar-refractivity contribution in [2.24, 2.45) is 4.99 Å². The van der Waals surface area contributed by atoms with Gasteiger partial charge in [0.05, 0.1) is 12.7 Å². The van der Waals surface area contributed by atoms with Crippen molar-refractivity contribution < 1.29 is 19.0 Å². The van der Waals surface area contributed by atoms with Gasteiger partial charge in [-0.05, 0) is 33.6 Å². The van der Waals surface area contributed by atoms with Gasteiger partial charge in [0, 0.05) is 39.9 Å². The zero-order valence-corrected chi connectivity index (χ0v) is 15.3. The molecule has 1 heterocycles. The second-order valence-electron chi connectivity index (χ2n) is 6.56. The van der Waals surface area contributed by atoms with E-state index in [1.807, 2.05) is 20.8 Å². The largest absolute Gasteiger partial charge is 0.444 e. The van der Waals surface area contributed by atoms with Gasteiger partial charge in [0.2, 0.25) is 0 Å². The van der Waals surface area contributed by atoms with Crippen LogP contribution in [-0.4, -0.2) is 70.3 Å². The second kappa shape index (κ2) is 11.1. The van der Waals surface area contributed by atoms with Crippen LogP contribution in [0.1, 0.15) is 33.6 Å². The molecule has 140 valence electrons. The highest BCUT2D eigenvalue weighted by Gasteiger charge is 2.16. The van der Waals surface area contributed by atoms with Crippen LogP contribution in [0.25, 0.3) is 0 Å². The highest BCUT2D eigenvalue weighted by Crippen LogP contribution is 2.08. The summed E-state index contributed by atoms with van der Waals surface area (Å²) < 4.78 is 16.1. The Balaban J connectivity index is 2.00. The van der Waals surface area contributed by atoms with Gasteiger partial charge in [-0.15, -0.1) is 0 Å². The number of nitrogens with one attached hydrogen (secondary N) is 3. The van der Waals surface area contributed by atoms with E-state index in [-0.39, 0.29) is 6.10 Å². The molecule has 0 aromatic carbocycles. The van der Waals surface area contributed by atoms with Crippen molar-refractivity contribution in [2.45, 2.75) is 45.3 Å². The summed E-state index contributed by atoms with van der Waals surface area (Å²) in [6, 6.07) is 0. The van der Waals surface area contributed by atoms with Crippen LogP contribution in [-0.2, 0) is 14.2 Å². The van der Waals surface area contributed by atoms with Crippen molar-refractivity contribution in [3.8, 4) is 0 Å². The molecule has 1 saturated heterocycles. The van der Waals surface area contributed by atoms with Gasteiger partial charge in [0.25, 0.3) is 0 Å². The van der Waals surface area contributed by atoms with Gasteiger partial charge in [0.1, 0.15) is 5.60 Å². The minimum atomic E-state index is -0.484. The van der Waals surface area contributed by atoms with Gasteiger partial charge < -0.3 is 30.2 Å². The number of guanidine groups is 1. The molecule has 0 spiro atoms. The van der Waals surface area contributed by atoms with Gasteiger partial charge in [-0.3, -0.25) is 4.99 Å². The van der Waals surface area contributed by atoms with Crippen LogP contribution in [0.2, 0.25) is 0 Å². The lowest BCUT2D eigenvalue weighted by molar-refractivity contribution is 0.0419. The van der Waals surface area contributed by atoms with Crippen LogP contribution < -0.4 is 16.0 Å². The van der Waals surface area contributed by atoms with Crippen LogP contribution in [0.15, 0.2) is 4.99 Å². The molecule has 8 nitrogen and oxygen atoms in total. The standard InChI is InChI=1S/C16H32N4O4/c1-16(2,3)24-15(21)20-9-8-19-14(17-4)18-7-5-10-23-13-6-11-22-12-13/h13H,5-12H2,1-4H3,(H,20,21)(H2,17,18,19). The fourth-order valence-electron chi connectivity index (χ4n) is 2.05. The Morgan fingerprint density at radius 3 is 2.54 bits per heavy atom. The molecule has 1 unspecified atom stereocenters. The Bertz CT molecular complexity index is 390.